The van der Waals surface area contributed by atoms with Gasteiger partial charge in [-0.25, -0.2) is 4.79 Å². The number of thioether (sulfide) groups is 1. The fourth-order valence-electron chi connectivity index (χ4n) is 2.01. The van der Waals surface area contributed by atoms with E-state index in [1.807, 2.05) is 6.07 Å². The molecule has 0 atom stereocenters. The molecule has 1 aromatic heterocycles. The Morgan fingerprint density at radius 2 is 2.04 bits per heavy atom. The van der Waals surface area contributed by atoms with E-state index in [0.717, 1.165) is 0 Å². The van der Waals surface area contributed by atoms with Crippen LogP contribution in [0.5, 0.6) is 5.75 Å². The summed E-state index contributed by atoms with van der Waals surface area (Å²) < 4.78 is 9.82. The average Bonchev–Trinajstić information content (AvgIpc) is 3.07. The minimum atomic E-state index is -0.580. The Hall–Kier alpha value is -2.87. The number of ketones is 2. The molecule has 0 unspecified atom stereocenters. The molecule has 122 valence electrons. The average molecular weight is 344 g/mol. The first-order chi connectivity index (χ1) is 11.6. The number of nitrogens with one attached hydrogen (secondary N) is 1. The van der Waals surface area contributed by atoms with E-state index in [0.29, 0.717) is 16.4 Å². The zero-order valence-corrected chi connectivity index (χ0v) is 13.2. The number of nitrogens with zero attached hydrogens (tertiary/aromatic N) is 1. The van der Waals surface area contributed by atoms with Gasteiger partial charge < -0.3 is 14.6 Å². The van der Waals surface area contributed by atoms with E-state index in [4.69, 9.17) is 9.26 Å². The Balaban J connectivity index is 1.46. The number of carbonyl (C=O) groups excluding carboxylic acids is 3. The Morgan fingerprint density at radius 1 is 1.25 bits per heavy atom. The topological polar surface area (TPSA) is 98.5 Å². The van der Waals surface area contributed by atoms with Gasteiger partial charge in [0.2, 0.25) is 17.3 Å². The predicted molar refractivity (Wildman–Crippen MR) is 86.2 cm³/mol. The molecule has 0 bridgehead atoms. The quantitative estimate of drug-likeness (QED) is 0.832. The summed E-state index contributed by atoms with van der Waals surface area (Å²) in [4.78, 5) is 35.8. The summed E-state index contributed by atoms with van der Waals surface area (Å²) >= 11 is 1.18. The summed E-state index contributed by atoms with van der Waals surface area (Å²) in [5.74, 6) is 0.131. The van der Waals surface area contributed by atoms with E-state index in [9.17, 15) is 14.4 Å². The number of benzene rings is 1. The summed E-state index contributed by atoms with van der Waals surface area (Å²) in [5, 5.41) is 6.04. The maximum atomic E-state index is 12.1. The molecule has 1 heterocycles. The van der Waals surface area contributed by atoms with Crippen molar-refractivity contribution in [2.24, 2.45) is 0 Å². The summed E-state index contributed by atoms with van der Waals surface area (Å²) in [6.45, 7) is 0.283. The van der Waals surface area contributed by atoms with Crippen LogP contribution < -0.4 is 10.1 Å². The van der Waals surface area contributed by atoms with Crippen LogP contribution in [-0.4, -0.2) is 35.1 Å². The van der Waals surface area contributed by atoms with E-state index in [1.165, 1.54) is 24.0 Å². The van der Waals surface area contributed by atoms with Crippen LogP contribution in [0, 0.1) is 0 Å². The molecule has 0 spiro atoms. The third-order valence-electron chi connectivity index (χ3n) is 3.11. The first-order valence-electron chi connectivity index (χ1n) is 7.04. The van der Waals surface area contributed by atoms with E-state index in [-0.39, 0.29) is 29.4 Å². The van der Waals surface area contributed by atoms with Crippen LogP contribution in [0.4, 0.5) is 4.79 Å². The summed E-state index contributed by atoms with van der Waals surface area (Å²) in [6.07, 6.45) is 1.88. The molecule has 1 aliphatic carbocycles. The van der Waals surface area contributed by atoms with Gasteiger partial charge in [0.05, 0.1) is 16.7 Å². The monoisotopic (exact) mass is 344 g/mol. The second-order valence-corrected chi connectivity index (χ2v) is 5.89. The Kier molecular flexibility index (Phi) is 4.76. The maximum Gasteiger partial charge on any atom is 0.412 e. The van der Waals surface area contributed by atoms with Crippen LogP contribution in [-0.2, 0) is 0 Å². The van der Waals surface area contributed by atoms with Crippen molar-refractivity contribution in [3.05, 3.63) is 58.8 Å². The molecule has 0 saturated heterocycles. The van der Waals surface area contributed by atoms with E-state index >= 15 is 0 Å². The first kappa shape index (κ1) is 16.0. The van der Waals surface area contributed by atoms with Gasteiger partial charge in [-0.05, 0) is 12.1 Å². The largest absolute Gasteiger partial charge is 0.412 e. The third-order valence-corrected chi connectivity index (χ3v) is 4.13. The lowest BCUT2D eigenvalue weighted by Crippen LogP contribution is -2.29. The van der Waals surface area contributed by atoms with Crippen molar-refractivity contribution in [3.8, 4) is 5.75 Å². The number of rotatable bonds is 5. The molecular weight excluding hydrogens is 332 g/mol. The van der Waals surface area contributed by atoms with Gasteiger partial charge in [-0.1, -0.05) is 23.4 Å². The standard InChI is InChI=1S/C16H12N2O5S/c19-12-8-13(14(20)11-9-18-23-15(11)12)24-7-6-17-16(21)22-10-4-2-1-3-5-10/h1-5,8-9H,6-7H2,(H,17,21). The van der Waals surface area contributed by atoms with Gasteiger partial charge in [0.1, 0.15) is 5.75 Å². The number of Topliss-reactive ketones (excluding diaryl/α,β-unsaturated/α-hetero) is 1. The fraction of sp³-hybridized carbons (Fsp3) is 0.125. The molecule has 1 aliphatic rings. The van der Waals surface area contributed by atoms with E-state index < -0.39 is 6.09 Å². The lowest BCUT2D eigenvalue weighted by atomic mass is 10.0. The minimum Gasteiger partial charge on any atom is -0.410 e. The van der Waals surface area contributed by atoms with Crippen molar-refractivity contribution >= 4 is 29.4 Å². The molecule has 3 rings (SSSR count). The molecule has 24 heavy (non-hydrogen) atoms. The van der Waals surface area contributed by atoms with Crippen LogP contribution in [0.1, 0.15) is 20.9 Å². The van der Waals surface area contributed by atoms with Crippen molar-refractivity contribution in [2.45, 2.75) is 0 Å². The van der Waals surface area contributed by atoms with Crippen molar-refractivity contribution in [1.82, 2.24) is 10.5 Å². The molecule has 1 N–H and O–H groups in total. The van der Waals surface area contributed by atoms with Crippen LogP contribution >= 0.6 is 11.8 Å². The highest BCUT2D eigenvalue weighted by atomic mass is 32.2. The number of allylic oxidation sites excluding steroid dienone is 2. The molecule has 0 fully saturated rings. The molecule has 2 aromatic rings. The number of para-hydroxylation sites is 1. The number of carbonyl (C=O) groups is 3. The SMILES string of the molecule is O=C(NCCSC1=CC(=O)c2oncc2C1=O)Oc1ccccc1. The third kappa shape index (κ3) is 3.54. The normalized spacial score (nSPS) is 13.2. The number of amides is 1. The minimum absolute atomic E-state index is 0.0334. The van der Waals surface area contributed by atoms with Crippen LogP contribution in [0.3, 0.4) is 0 Å². The zero-order valence-electron chi connectivity index (χ0n) is 12.4. The summed E-state index contributed by atoms with van der Waals surface area (Å²) in [7, 11) is 0. The van der Waals surface area contributed by atoms with E-state index in [1.54, 1.807) is 24.3 Å². The Labute approximate surface area is 141 Å². The second-order valence-electron chi connectivity index (χ2n) is 4.75. The van der Waals surface area contributed by atoms with Crippen molar-refractivity contribution in [1.29, 1.82) is 0 Å². The molecule has 7 nitrogen and oxygen atoms in total. The highest BCUT2D eigenvalue weighted by Gasteiger charge is 2.29. The predicted octanol–water partition coefficient (Wildman–Crippen LogP) is 2.46. The number of aromatic nitrogens is 1. The smallest absolute Gasteiger partial charge is 0.410 e. The van der Waals surface area contributed by atoms with Gasteiger partial charge in [-0.3, -0.25) is 9.59 Å². The Bertz CT molecular complexity index is 813. The number of fused-ring (bicyclic) bond motifs is 1. The molecule has 0 aliphatic heterocycles. The van der Waals surface area contributed by atoms with Gasteiger partial charge in [-0.15, -0.1) is 11.8 Å². The van der Waals surface area contributed by atoms with Crippen LogP contribution in [0.15, 0.2) is 52.0 Å². The molecule has 1 aromatic carbocycles. The summed E-state index contributed by atoms with van der Waals surface area (Å²) in [5.41, 5.74) is 0.168. The zero-order chi connectivity index (χ0) is 16.9. The molecule has 8 heteroatoms. The molecule has 1 amide bonds. The molecule has 0 saturated carbocycles. The maximum absolute atomic E-state index is 12.1. The van der Waals surface area contributed by atoms with Crippen molar-refractivity contribution in [3.63, 3.8) is 0 Å². The number of hydrogen-bond donors (Lipinski definition) is 1. The molecule has 0 radical (unpaired) electrons. The van der Waals surface area contributed by atoms with Gasteiger partial charge in [-0.2, -0.15) is 0 Å². The highest BCUT2D eigenvalue weighted by molar-refractivity contribution is 8.04. The van der Waals surface area contributed by atoms with Gasteiger partial charge in [0.25, 0.3) is 0 Å². The summed E-state index contributed by atoms with van der Waals surface area (Å²) in [6, 6.07) is 8.67. The van der Waals surface area contributed by atoms with E-state index in [2.05, 4.69) is 10.5 Å². The second kappa shape index (κ2) is 7.14. The van der Waals surface area contributed by atoms with Crippen LogP contribution in [0.25, 0.3) is 0 Å². The van der Waals surface area contributed by atoms with Crippen molar-refractivity contribution in [2.75, 3.05) is 12.3 Å². The van der Waals surface area contributed by atoms with Crippen LogP contribution in [0.2, 0.25) is 0 Å². The van der Waals surface area contributed by atoms with Crippen molar-refractivity contribution < 1.29 is 23.6 Å². The number of ether oxygens (including phenoxy) is 1. The Morgan fingerprint density at radius 3 is 2.83 bits per heavy atom. The lowest BCUT2D eigenvalue weighted by molar-refractivity contribution is 0.0967. The lowest BCUT2D eigenvalue weighted by Gasteiger charge is -2.10. The van der Waals surface area contributed by atoms with Gasteiger partial charge >= 0.3 is 6.09 Å². The number of hydrogen-bond acceptors (Lipinski definition) is 7. The van der Waals surface area contributed by atoms with Gasteiger partial charge in [0.15, 0.2) is 0 Å². The first-order valence-corrected chi connectivity index (χ1v) is 8.02. The molecular formula is C16H12N2O5S. The fourth-order valence-corrected chi connectivity index (χ4v) is 2.87. The van der Waals surface area contributed by atoms with Gasteiger partial charge in [0, 0.05) is 18.4 Å². The highest BCUT2D eigenvalue weighted by Crippen LogP contribution is 2.27.